The smallest absolute Gasteiger partial charge is 0.247 e. The van der Waals surface area contributed by atoms with Gasteiger partial charge in [-0.15, -0.1) is 12.4 Å². The highest BCUT2D eigenvalue weighted by molar-refractivity contribution is 5.97. The van der Waals surface area contributed by atoms with E-state index in [0.29, 0.717) is 38.0 Å². The summed E-state index contributed by atoms with van der Waals surface area (Å²) >= 11 is 0. The van der Waals surface area contributed by atoms with Gasteiger partial charge in [-0.25, -0.2) is 4.39 Å². The maximum Gasteiger partial charge on any atom is 0.247 e. The van der Waals surface area contributed by atoms with Crippen LogP contribution in [0.1, 0.15) is 31.2 Å². The maximum absolute atomic E-state index is 13.2. The van der Waals surface area contributed by atoms with Gasteiger partial charge >= 0.3 is 0 Å². The summed E-state index contributed by atoms with van der Waals surface area (Å²) in [5.74, 6) is -1.06. The lowest BCUT2D eigenvalue weighted by atomic mass is 9.94. The van der Waals surface area contributed by atoms with Crippen LogP contribution in [-0.2, 0) is 20.8 Å². The summed E-state index contributed by atoms with van der Waals surface area (Å²) in [7, 11) is 0. The van der Waals surface area contributed by atoms with Gasteiger partial charge in [0.05, 0.1) is 6.04 Å². The number of nitrogens with one attached hydrogen (secondary N) is 3. The summed E-state index contributed by atoms with van der Waals surface area (Å²) in [5, 5.41) is 8.93. The largest absolute Gasteiger partial charge is 0.344 e. The van der Waals surface area contributed by atoms with E-state index >= 15 is 0 Å². The molecule has 0 saturated carbocycles. The van der Waals surface area contributed by atoms with Crippen molar-refractivity contribution in [2.24, 2.45) is 5.92 Å². The van der Waals surface area contributed by atoms with E-state index in [-0.39, 0.29) is 47.9 Å². The lowest BCUT2D eigenvalue weighted by Crippen LogP contribution is -2.51. The quantitative estimate of drug-likeness (QED) is 0.543. The normalized spacial score (nSPS) is 18.9. The number of carbonyl (C=O) groups excluding carboxylic acids is 3. The van der Waals surface area contributed by atoms with E-state index in [1.807, 2.05) is 35.2 Å². The molecular formula is C26H32ClFN4O3. The van der Waals surface area contributed by atoms with Crippen molar-refractivity contribution in [1.82, 2.24) is 15.5 Å². The Balaban J connectivity index is 0.00000342. The highest BCUT2D eigenvalue weighted by Gasteiger charge is 2.33. The number of rotatable bonds is 7. The molecule has 0 aromatic heterocycles. The monoisotopic (exact) mass is 502 g/mol. The highest BCUT2D eigenvalue weighted by atomic mass is 35.5. The Bertz CT molecular complexity index is 991. The average molecular weight is 503 g/mol. The number of amides is 3. The Morgan fingerprint density at radius 2 is 1.69 bits per heavy atom. The molecule has 3 N–H and O–H groups in total. The number of carbonyl (C=O) groups is 3. The van der Waals surface area contributed by atoms with Crippen LogP contribution in [0.15, 0.2) is 54.6 Å². The molecule has 7 nitrogen and oxygen atoms in total. The van der Waals surface area contributed by atoms with E-state index in [0.717, 1.165) is 24.9 Å². The van der Waals surface area contributed by atoms with Crippen LogP contribution in [0.5, 0.6) is 0 Å². The van der Waals surface area contributed by atoms with Crippen LogP contribution in [-0.4, -0.2) is 54.3 Å². The van der Waals surface area contributed by atoms with Crippen molar-refractivity contribution in [2.45, 2.75) is 44.2 Å². The van der Waals surface area contributed by atoms with Gasteiger partial charge in [0.2, 0.25) is 17.7 Å². The summed E-state index contributed by atoms with van der Waals surface area (Å²) in [6, 6.07) is 14.1. The van der Waals surface area contributed by atoms with Crippen LogP contribution in [0.4, 0.5) is 10.1 Å². The molecular weight excluding hydrogens is 471 g/mol. The van der Waals surface area contributed by atoms with Crippen molar-refractivity contribution < 1.29 is 18.8 Å². The Labute approximate surface area is 211 Å². The molecule has 0 aliphatic carbocycles. The molecule has 2 atom stereocenters. The summed E-state index contributed by atoms with van der Waals surface area (Å²) in [5.41, 5.74) is 1.39. The molecule has 0 unspecified atom stereocenters. The van der Waals surface area contributed by atoms with E-state index in [2.05, 4.69) is 16.0 Å². The highest BCUT2D eigenvalue weighted by Crippen LogP contribution is 2.20. The van der Waals surface area contributed by atoms with E-state index in [1.54, 1.807) is 0 Å². The molecule has 2 heterocycles. The van der Waals surface area contributed by atoms with E-state index in [4.69, 9.17) is 0 Å². The summed E-state index contributed by atoms with van der Waals surface area (Å²) in [6.45, 7) is 1.96. The number of hydrogen-bond acceptors (Lipinski definition) is 4. The van der Waals surface area contributed by atoms with Gasteiger partial charge in [0.15, 0.2) is 0 Å². The second kappa shape index (κ2) is 12.7. The third kappa shape index (κ3) is 7.26. The number of hydrogen-bond donors (Lipinski definition) is 3. The first-order valence-electron chi connectivity index (χ1n) is 11.9. The lowest BCUT2D eigenvalue weighted by molar-refractivity contribution is -0.137. The van der Waals surface area contributed by atoms with Crippen LogP contribution >= 0.6 is 12.4 Å². The second-order valence-electron chi connectivity index (χ2n) is 9.00. The Hall–Kier alpha value is -2.97. The minimum absolute atomic E-state index is 0. The molecule has 188 valence electrons. The van der Waals surface area contributed by atoms with Crippen LogP contribution in [0.2, 0.25) is 0 Å². The molecule has 0 radical (unpaired) electrons. The predicted molar refractivity (Wildman–Crippen MR) is 135 cm³/mol. The zero-order chi connectivity index (χ0) is 23.9. The van der Waals surface area contributed by atoms with Gasteiger partial charge in [-0.3, -0.25) is 14.4 Å². The van der Waals surface area contributed by atoms with E-state index < -0.39 is 6.04 Å². The number of likely N-dealkylation sites (tertiary alicyclic amines) is 1. The summed E-state index contributed by atoms with van der Waals surface area (Å²) in [4.78, 5) is 40.6. The number of benzene rings is 2. The lowest BCUT2D eigenvalue weighted by Gasteiger charge is -2.33. The molecule has 2 aromatic rings. The van der Waals surface area contributed by atoms with E-state index in [1.165, 1.54) is 24.3 Å². The SMILES string of the molecule is Cl.O=C(N[C@@H](Cc1ccccc1)C(=O)Nc1ccc(F)cc1)C1CCN(C(=O)[C@@H]2CCCN2)CC1. The topological polar surface area (TPSA) is 90.5 Å². The van der Waals surface area contributed by atoms with Crippen molar-refractivity contribution in [3.63, 3.8) is 0 Å². The summed E-state index contributed by atoms with van der Waals surface area (Å²) in [6.07, 6.45) is 3.36. The minimum Gasteiger partial charge on any atom is -0.344 e. The zero-order valence-electron chi connectivity index (χ0n) is 19.5. The standard InChI is InChI=1S/C26H31FN4O3.ClH/c27-20-8-10-21(11-9-20)29-25(33)23(17-18-5-2-1-3-6-18)30-24(32)19-12-15-31(16-13-19)26(34)22-7-4-14-28-22;/h1-3,5-6,8-11,19,22-23,28H,4,7,12-17H2,(H,29,33)(H,30,32);1H/t22-,23-;/m0./s1. The molecule has 2 fully saturated rings. The first-order chi connectivity index (χ1) is 16.5. The van der Waals surface area contributed by atoms with Crippen LogP contribution in [0, 0.1) is 11.7 Å². The number of halogens is 2. The molecule has 2 aliphatic heterocycles. The van der Waals surface area contributed by atoms with Gasteiger partial charge in [0, 0.05) is 31.1 Å². The molecule has 35 heavy (non-hydrogen) atoms. The molecule has 4 rings (SSSR count). The average Bonchev–Trinajstić information content (AvgIpc) is 3.40. The third-order valence-electron chi connectivity index (χ3n) is 6.56. The summed E-state index contributed by atoms with van der Waals surface area (Å²) < 4.78 is 13.2. The molecule has 2 aromatic carbocycles. The van der Waals surface area contributed by atoms with Gasteiger partial charge < -0.3 is 20.9 Å². The molecule has 0 bridgehead atoms. The van der Waals surface area contributed by atoms with Gasteiger partial charge in [-0.1, -0.05) is 30.3 Å². The van der Waals surface area contributed by atoms with E-state index in [9.17, 15) is 18.8 Å². The molecule has 3 amide bonds. The fraction of sp³-hybridized carbons (Fsp3) is 0.423. The van der Waals surface area contributed by atoms with Crippen molar-refractivity contribution in [3.05, 3.63) is 66.0 Å². The zero-order valence-corrected chi connectivity index (χ0v) is 20.4. The van der Waals surface area contributed by atoms with Gasteiger partial charge in [0.25, 0.3) is 0 Å². The minimum atomic E-state index is -0.776. The van der Waals surface area contributed by atoms with Gasteiger partial charge in [0.1, 0.15) is 11.9 Å². The maximum atomic E-state index is 13.2. The van der Waals surface area contributed by atoms with Crippen LogP contribution < -0.4 is 16.0 Å². The van der Waals surface area contributed by atoms with Crippen LogP contribution in [0.25, 0.3) is 0 Å². The first kappa shape index (κ1) is 26.6. The van der Waals surface area contributed by atoms with Crippen LogP contribution in [0.3, 0.4) is 0 Å². The van der Waals surface area contributed by atoms with Crippen molar-refractivity contribution >= 4 is 35.8 Å². The third-order valence-corrected chi connectivity index (χ3v) is 6.56. The Kier molecular flexibility index (Phi) is 9.63. The fourth-order valence-corrected chi connectivity index (χ4v) is 4.59. The Morgan fingerprint density at radius 3 is 2.31 bits per heavy atom. The van der Waals surface area contributed by atoms with Crippen molar-refractivity contribution in [3.8, 4) is 0 Å². The first-order valence-corrected chi connectivity index (χ1v) is 11.9. The second-order valence-corrected chi connectivity index (χ2v) is 9.00. The number of piperidine rings is 1. The fourth-order valence-electron chi connectivity index (χ4n) is 4.59. The number of anilines is 1. The predicted octanol–water partition coefficient (Wildman–Crippen LogP) is 2.90. The Morgan fingerprint density at radius 1 is 1.00 bits per heavy atom. The van der Waals surface area contributed by atoms with Gasteiger partial charge in [-0.05, 0) is 62.1 Å². The van der Waals surface area contributed by atoms with Gasteiger partial charge in [-0.2, -0.15) is 0 Å². The van der Waals surface area contributed by atoms with Crippen molar-refractivity contribution in [2.75, 3.05) is 25.0 Å². The molecule has 9 heteroatoms. The molecule has 2 saturated heterocycles. The number of nitrogens with zero attached hydrogens (tertiary/aromatic N) is 1. The van der Waals surface area contributed by atoms with Crippen molar-refractivity contribution in [1.29, 1.82) is 0 Å². The molecule has 0 spiro atoms. The molecule has 2 aliphatic rings.